The van der Waals surface area contributed by atoms with E-state index in [9.17, 15) is 0 Å². The molecular formula is C78H73N3+2. The average molecular weight is 1050 g/mol. The van der Waals surface area contributed by atoms with Gasteiger partial charge in [0.15, 0.2) is 12.4 Å². The van der Waals surface area contributed by atoms with Crippen LogP contribution in [0.1, 0.15) is 78.1 Å². The molecule has 1 aliphatic heterocycles. The van der Waals surface area contributed by atoms with Gasteiger partial charge in [0.2, 0.25) is 0 Å². The summed E-state index contributed by atoms with van der Waals surface area (Å²) >= 11 is 0. The number of quaternary nitrogens is 1. The molecule has 0 aliphatic carbocycles. The van der Waals surface area contributed by atoms with Crippen LogP contribution < -0.4 is 4.57 Å². The molecule has 11 aromatic rings. The fraction of sp³-hybridized carbons (Fsp3) is 0.179. The number of benzene rings is 9. The summed E-state index contributed by atoms with van der Waals surface area (Å²) in [6.07, 6.45) is 10.3. The minimum atomic E-state index is -0.381. The van der Waals surface area contributed by atoms with Gasteiger partial charge in [-0.2, -0.15) is 0 Å². The molecule has 1 atom stereocenters. The molecule has 0 bridgehead atoms. The summed E-state index contributed by atoms with van der Waals surface area (Å²) < 4.78 is 3.16. The molecule has 1 aliphatic rings. The van der Waals surface area contributed by atoms with E-state index in [0.29, 0.717) is 0 Å². The lowest BCUT2D eigenvalue weighted by molar-refractivity contribution is -0.896. The highest BCUT2D eigenvalue weighted by atomic mass is 15.3. The van der Waals surface area contributed by atoms with Crippen LogP contribution in [-0.2, 0) is 23.3 Å². The van der Waals surface area contributed by atoms with E-state index in [4.69, 9.17) is 0 Å². The van der Waals surface area contributed by atoms with Crippen molar-refractivity contribution in [2.45, 2.75) is 56.8 Å². The SMILES string of the molecule is Cc1ccc(-c2ccc(-c3ccc(C4(c5ccc(-c6ccc(-c7ccc(C(C)(c8ccc(-c9ccc(-c%10ccc(C(C)(C)c%11ccncc%11)cc%10)cc9)cc8)c8cc[n+](C)cc8)cc7)cc6)cc5)CC[N+](C)(C)CC4)cc3)cc2)cc1. The van der Waals surface area contributed by atoms with E-state index in [1.54, 1.807) is 0 Å². The Morgan fingerprint density at radius 1 is 0.346 bits per heavy atom. The number of aryl methyl sites for hydroxylation is 2. The van der Waals surface area contributed by atoms with Crippen LogP contribution in [0.4, 0.5) is 0 Å². The van der Waals surface area contributed by atoms with Crippen molar-refractivity contribution >= 4 is 0 Å². The summed E-state index contributed by atoms with van der Waals surface area (Å²) in [5.74, 6) is 0. The minimum Gasteiger partial charge on any atom is -0.328 e. The van der Waals surface area contributed by atoms with Gasteiger partial charge in [-0.25, -0.2) is 4.57 Å². The molecule has 398 valence electrons. The minimum absolute atomic E-state index is 0.0310. The Labute approximate surface area is 481 Å². The zero-order chi connectivity index (χ0) is 55.8. The highest BCUT2D eigenvalue weighted by Crippen LogP contribution is 2.45. The molecule has 0 N–H and O–H groups in total. The molecule has 0 radical (unpaired) electrons. The molecule has 1 fully saturated rings. The van der Waals surface area contributed by atoms with Gasteiger partial charge >= 0.3 is 0 Å². The quantitative estimate of drug-likeness (QED) is 0.0831. The first-order chi connectivity index (χ1) is 39.2. The number of rotatable bonds is 13. The normalized spacial score (nSPS) is 14.7. The van der Waals surface area contributed by atoms with Gasteiger partial charge in [0.25, 0.3) is 0 Å². The Kier molecular flexibility index (Phi) is 14.2. The number of hydrogen-bond donors (Lipinski definition) is 0. The van der Waals surface area contributed by atoms with Crippen LogP contribution in [0, 0.1) is 6.92 Å². The summed E-state index contributed by atoms with van der Waals surface area (Å²) in [4.78, 5) is 4.22. The second-order valence-corrected chi connectivity index (χ2v) is 24.2. The van der Waals surface area contributed by atoms with Gasteiger partial charge in [-0.3, -0.25) is 4.98 Å². The molecule has 3 heterocycles. The molecule has 0 amide bonds. The Morgan fingerprint density at radius 2 is 0.605 bits per heavy atom. The number of hydrogen-bond acceptors (Lipinski definition) is 1. The number of aromatic nitrogens is 2. The van der Waals surface area contributed by atoms with E-state index in [2.05, 4.69) is 313 Å². The van der Waals surface area contributed by atoms with Crippen molar-refractivity contribution in [2.24, 2.45) is 7.05 Å². The van der Waals surface area contributed by atoms with Gasteiger partial charge in [0, 0.05) is 53.6 Å². The van der Waals surface area contributed by atoms with Gasteiger partial charge in [-0.1, -0.05) is 238 Å². The van der Waals surface area contributed by atoms with Crippen LogP contribution in [0.3, 0.4) is 0 Å². The molecule has 3 heteroatoms. The van der Waals surface area contributed by atoms with Crippen molar-refractivity contribution in [3.8, 4) is 66.8 Å². The van der Waals surface area contributed by atoms with Crippen molar-refractivity contribution < 1.29 is 9.05 Å². The maximum Gasteiger partial charge on any atom is 0.168 e. The number of nitrogens with zero attached hydrogens (tertiary/aromatic N) is 3. The first-order valence-corrected chi connectivity index (χ1v) is 28.8. The lowest BCUT2D eigenvalue weighted by Crippen LogP contribution is -2.51. The lowest BCUT2D eigenvalue weighted by Gasteiger charge is -2.45. The molecule has 1 unspecified atom stereocenters. The lowest BCUT2D eigenvalue weighted by atomic mass is 9.67. The van der Waals surface area contributed by atoms with Crippen LogP contribution in [0.5, 0.6) is 0 Å². The fourth-order valence-corrected chi connectivity index (χ4v) is 12.6. The maximum absolute atomic E-state index is 4.22. The number of likely N-dealkylation sites (tertiary alicyclic amines) is 1. The Hall–Kier alpha value is -8.76. The summed E-state index contributed by atoms with van der Waals surface area (Å²) in [6, 6.07) is 91.1. The standard InChI is InChI=1S/C78H73N3/c1-56-8-10-57(11-9-56)58-12-14-62(15-13-58)67-30-40-74(41-31-67)78(48-54-81(6,7)55-49-78)75-42-32-68(33-43-75)63-22-20-61(21-23-63)66-28-38-72(39-29-66)77(4,73-46-52-80(5)53-47-73)71-36-26-65(27-37-71)60-18-16-59(17-19-60)64-24-34-69(35-25-64)76(2,3)70-44-50-79-51-45-70/h8-47,50-53H,48-49,54-55H2,1-7H3/q+2. The predicted octanol–water partition coefficient (Wildman–Crippen LogP) is 18.1. The second kappa shape index (κ2) is 21.7. The highest BCUT2D eigenvalue weighted by Gasteiger charge is 2.42. The van der Waals surface area contributed by atoms with E-state index in [1.807, 2.05) is 12.4 Å². The van der Waals surface area contributed by atoms with Crippen molar-refractivity contribution in [2.75, 3.05) is 27.2 Å². The molecule has 12 rings (SSSR count). The van der Waals surface area contributed by atoms with Crippen LogP contribution in [-0.4, -0.2) is 36.7 Å². The summed E-state index contributed by atoms with van der Waals surface area (Å²) in [5.41, 5.74) is 24.6. The first-order valence-electron chi connectivity index (χ1n) is 28.8. The highest BCUT2D eigenvalue weighted by molar-refractivity contribution is 5.74. The maximum atomic E-state index is 4.22. The van der Waals surface area contributed by atoms with Crippen molar-refractivity contribution in [3.05, 3.63) is 312 Å². The Bertz CT molecular complexity index is 3890. The van der Waals surface area contributed by atoms with E-state index in [0.717, 1.165) is 30.4 Å². The Balaban J connectivity index is 0.748. The van der Waals surface area contributed by atoms with Gasteiger partial charge in [-0.05, 0) is 132 Å². The summed E-state index contributed by atoms with van der Waals surface area (Å²) in [5, 5.41) is 0. The third kappa shape index (κ3) is 10.6. The second-order valence-electron chi connectivity index (χ2n) is 24.2. The Morgan fingerprint density at radius 3 is 0.938 bits per heavy atom. The van der Waals surface area contributed by atoms with Crippen molar-refractivity contribution in [3.63, 3.8) is 0 Å². The summed E-state index contributed by atoms with van der Waals surface area (Å²) in [7, 11) is 6.84. The molecule has 3 nitrogen and oxygen atoms in total. The first kappa shape index (κ1) is 52.9. The number of piperidine rings is 1. The zero-order valence-corrected chi connectivity index (χ0v) is 48.1. The number of pyridine rings is 2. The van der Waals surface area contributed by atoms with E-state index >= 15 is 0 Å². The molecule has 81 heavy (non-hydrogen) atoms. The van der Waals surface area contributed by atoms with Crippen molar-refractivity contribution in [1.29, 1.82) is 0 Å². The topological polar surface area (TPSA) is 16.8 Å². The molecule has 0 spiro atoms. The molecule has 9 aromatic carbocycles. The average Bonchev–Trinajstić information content (AvgIpc) is 3.72. The summed E-state index contributed by atoms with van der Waals surface area (Å²) in [6.45, 7) is 11.3. The van der Waals surface area contributed by atoms with E-state index in [1.165, 1.54) is 111 Å². The van der Waals surface area contributed by atoms with Crippen LogP contribution >= 0.6 is 0 Å². The van der Waals surface area contributed by atoms with E-state index < -0.39 is 0 Å². The fourth-order valence-electron chi connectivity index (χ4n) is 12.6. The third-order valence-corrected chi connectivity index (χ3v) is 18.4. The van der Waals surface area contributed by atoms with Gasteiger partial charge < -0.3 is 4.48 Å². The smallest absolute Gasteiger partial charge is 0.168 e. The largest absolute Gasteiger partial charge is 0.328 e. The van der Waals surface area contributed by atoms with Crippen molar-refractivity contribution in [1.82, 2.24) is 4.98 Å². The van der Waals surface area contributed by atoms with Crippen LogP contribution in [0.25, 0.3) is 66.8 Å². The van der Waals surface area contributed by atoms with Crippen LogP contribution in [0.2, 0.25) is 0 Å². The predicted molar refractivity (Wildman–Crippen MR) is 338 cm³/mol. The molecule has 1 saturated heterocycles. The molecule has 2 aromatic heterocycles. The van der Waals surface area contributed by atoms with Gasteiger partial charge in [0.05, 0.1) is 27.2 Å². The van der Waals surface area contributed by atoms with Gasteiger partial charge in [-0.15, -0.1) is 0 Å². The monoisotopic (exact) mass is 1050 g/mol. The molecule has 0 saturated carbocycles. The zero-order valence-electron chi connectivity index (χ0n) is 48.1. The third-order valence-electron chi connectivity index (χ3n) is 18.4. The van der Waals surface area contributed by atoms with Crippen LogP contribution in [0.15, 0.2) is 267 Å². The van der Waals surface area contributed by atoms with Gasteiger partial charge in [0.1, 0.15) is 7.05 Å². The van der Waals surface area contributed by atoms with E-state index in [-0.39, 0.29) is 16.2 Å². The molecular weight excluding hydrogens is 979 g/mol.